The minimum Gasteiger partial charge on any atom is -0.298 e. The van der Waals surface area contributed by atoms with E-state index in [0.29, 0.717) is 28.7 Å². The molecule has 0 saturated carbocycles. The summed E-state index contributed by atoms with van der Waals surface area (Å²) in [4.78, 5) is 42.7. The number of fused-ring (bicyclic) bond motifs is 1. The van der Waals surface area contributed by atoms with E-state index in [0.717, 1.165) is 12.1 Å². The van der Waals surface area contributed by atoms with E-state index in [9.17, 15) is 14.4 Å². The van der Waals surface area contributed by atoms with E-state index < -0.39 is 0 Å². The second-order valence-corrected chi connectivity index (χ2v) is 7.31. The summed E-state index contributed by atoms with van der Waals surface area (Å²) in [6.45, 7) is 6.32. The first-order chi connectivity index (χ1) is 11.9. The topological polar surface area (TPSA) is 79.4 Å². The summed E-state index contributed by atoms with van der Waals surface area (Å²) in [6.07, 6.45) is 0.752. The number of imide groups is 1. The monoisotopic (exact) mass is 357 g/mol. The van der Waals surface area contributed by atoms with Gasteiger partial charge in [-0.05, 0) is 37.5 Å². The van der Waals surface area contributed by atoms with Gasteiger partial charge in [-0.25, -0.2) is 4.98 Å². The highest BCUT2D eigenvalue weighted by atomic mass is 32.1. The summed E-state index contributed by atoms with van der Waals surface area (Å²) in [6, 6.07) is 4.60. The Morgan fingerprint density at radius 1 is 1.24 bits per heavy atom. The Balaban J connectivity index is 1.80. The Labute approximate surface area is 149 Å². The van der Waals surface area contributed by atoms with Crippen molar-refractivity contribution in [3.63, 3.8) is 0 Å². The van der Waals surface area contributed by atoms with Crippen molar-refractivity contribution in [3.05, 3.63) is 46.0 Å². The van der Waals surface area contributed by atoms with Gasteiger partial charge < -0.3 is 0 Å². The molecular weight excluding hydrogens is 338 g/mol. The molecule has 0 atom stereocenters. The highest BCUT2D eigenvalue weighted by molar-refractivity contribution is 7.13. The summed E-state index contributed by atoms with van der Waals surface area (Å²) in [5, 5.41) is 5.05. The molecule has 1 aliphatic heterocycles. The molecule has 0 bridgehead atoms. The third-order valence-corrected chi connectivity index (χ3v) is 4.88. The van der Waals surface area contributed by atoms with Gasteiger partial charge in [0.05, 0.1) is 16.8 Å². The minimum absolute atomic E-state index is 0.289. The molecule has 25 heavy (non-hydrogen) atoms. The van der Waals surface area contributed by atoms with E-state index in [1.54, 1.807) is 12.1 Å². The van der Waals surface area contributed by atoms with Gasteiger partial charge in [0.15, 0.2) is 5.13 Å². The number of amides is 3. The van der Waals surface area contributed by atoms with Crippen LogP contribution in [0.4, 0.5) is 5.13 Å². The van der Waals surface area contributed by atoms with Crippen LogP contribution in [0.1, 0.15) is 57.0 Å². The number of aromatic nitrogens is 1. The summed E-state index contributed by atoms with van der Waals surface area (Å²) in [7, 11) is 0. The average Bonchev–Trinajstić information content (AvgIpc) is 3.07. The van der Waals surface area contributed by atoms with Crippen molar-refractivity contribution in [2.75, 3.05) is 11.9 Å². The van der Waals surface area contributed by atoms with Crippen LogP contribution in [0.25, 0.3) is 0 Å². The zero-order valence-electron chi connectivity index (χ0n) is 14.3. The average molecular weight is 357 g/mol. The molecule has 2 heterocycles. The normalized spacial score (nSPS) is 13.5. The molecule has 0 saturated heterocycles. The number of thiazole rings is 1. The van der Waals surface area contributed by atoms with Crippen LogP contribution in [0.2, 0.25) is 0 Å². The predicted molar refractivity (Wildman–Crippen MR) is 96.1 cm³/mol. The number of nitrogens with zero attached hydrogens (tertiary/aromatic N) is 2. The number of rotatable bonds is 5. The van der Waals surface area contributed by atoms with Crippen LogP contribution in [-0.4, -0.2) is 34.2 Å². The maximum Gasteiger partial charge on any atom is 0.261 e. The van der Waals surface area contributed by atoms with E-state index in [1.165, 1.54) is 22.3 Å². The first kappa shape index (κ1) is 17.3. The lowest BCUT2D eigenvalue weighted by Crippen LogP contribution is -2.31. The molecule has 2 aromatic rings. The van der Waals surface area contributed by atoms with Gasteiger partial charge in [0, 0.05) is 17.5 Å². The number of nitrogens with one attached hydrogen (secondary N) is 1. The molecule has 0 fully saturated rings. The fraction of sp³-hybridized carbons (Fsp3) is 0.333. The number of anilines is 1. The molecular formula is C18H19N3O3S. The Kier molecular flexibility index (Phi) is 4.67. The zero-order valence-corrected chi connectivity index (χ0v) is 15.1. The second kappa shape index (κ2) is 6.76. The van der Waals surface area contributed by atoms with Crippen molar-refractivity contribution in [2.45, 2.75) is 27.2 Å². The van der Waals surface area contributed by atoms with Gasteiger partial charge >= 0.3 is 0 Å². The number of carbonyl (C=O) groups excluding carboxylic acids is 3. The van der Waals surface area contributed by atoms with Crippen LogP contribution in [0.15, 0.2) is 23.6 Å². The number of hydrogen-bond acceptors (Lipinski definition) is 5. The summed E-state index contributed by atoms with van der Waals surface area (Å²) in [5.74, 6) is -0.575. The van der Waals surface area contributed by atoms with E-state index in [4.69, 9.17) is 0 Å². The second-order valence-electron chi connectivity index (χ2n) is 6.45. The fourth-order valence-corrected chi connectivity index (χ4v) is 3.29. The van der Waals surface area contributed by atoms with Crippen LogP contribution >= 0.6 is 11.3 Å². The number of benzene rings is 1. The lowest BCUT2D eigenvalue weighted by atomic mass is 10.1. The van der Waals surface area contributed by atoms with Gasteiger partial charge in [-0.2, -0.15) is 0 Å². The molecule has 0 spiro atoms. The van der Waals surface area contributed by atoms with Gasteiger partial charge in [0.2, 0.25) is 0 Å². The van der Waals surface area contributed by atoms with Crippen molar-refractivity contribution < 1.29 is 14.4 Å². The van der Waals surface area contributed by atoms with Crippen LogP contribution in [-0.2, 0) is 0 Å². The van der Waals surface area contributed by atoms with Gasteiger partial charge in [-0.3, -0.25) is 24.6 Å². The molecule has 7 heteroatoms. The molecule has 1 aromatic carbocycles. The maximum absolute atomic E-state index is 12.5. The quantitative estimate of drug-likeness (QED) is 0.832. The molecule has 6 nitrogen and oxygen atoms in total. The molecule has 1 aliphatic rings. The van der Waals surface area contributed by atoms with Gasteiger partial charge in [-0.15, -0.1) is 11.3 Å². The molecule has 1 aromatic heterocycles. The number of aryl methyl sites for hydroxylation is 1. The van der Waals surface area contributed by atoms with Crippen molar-refractivity contribution in [2.24, 2.45) is 5.92 Å². The first-order valence-corrected chi connectivity index (χ1v) is 8.98. The van der Waals surface area contributed by atoms with Gasteiger partial charge in [0.25, 0.3) is 17.7 Å². The smallest absolute Gasteiger partial charge is 0.261 e. The molecule has 3 amide bonds. The third kappa shape index (κ3) is 3.46. The first-order valence-electron chi connectivity index (χ1n) is 8.10. The van der Waals surface area contributed by atoms with E-state index >= 15 is 0 Å². The van der Waals surface area contributed by atoms with E-state index in [2.05, 4.69) is 10.3 Å². The Morgan fingerprint density at radius 3 is 2.60 bits per heavy atom. The minimum atomic E-state index is -0.349. The molecule has 3 rings (SSSR count). The van der Waals surface area contributed by atoms with Crippen molar-refractivity contribution in [3.8, 4) is 0 Å². The van der Waals surface area contributed by atoms with Crippen LogP contribution in [0.3, 0.4) is 0 Å². The SMILES string of the molecule is Cc1csc(NC(=O)c2ccc3c(c2)C(=O)N(CCC(C)C)C3=O)n1. The van der Waals surface area contributed by atoms with Crippen LogP contribution < -0.4 is 5.32 Å². The lowest BCUT2D eigenvalue weighted by Gasteiger charge is -2.14. The summed E-state index contributed by atoms with van der Waals surface area (Å²) >= 11 is 1.34. The molecule has 1 N–H and O–H groups in total. The Morgan fingerprint density at radius 2 is 1.96 bits per heavy atom. The van der Waals surface area contributed by atoms with Gasteiger partial charge in [-0.1, -0.05) is 13.8 Å². The van der Waals surface area contributed by atoms with Crippen LogP contribution in [0.5, 0.6) is 0 Å². The largest absolute Gasteiger partial charge is 0.298 e. The standard InChI is InChI=1S/C18H19N3O3S/c1-10(2)6-7-21-16(23)13-5-4-12(8-14(13)17(21)24)15(22)20-18-19-11(3)9-25-18/h4-5,8-10H,6-7H2,1-3H3,(H,19,20,22). The molecule has 0 unspecified atom stereocenters. The fourth-order valence-electron chi connectivity index (χ4n) is 2.60. The lowest BCUT2D eigenvalue weighted by molar-refractivity contribution is 0.0647. The van der Waals surface area contributed by atoms with Crippen molar-refractivity contribution >= 4 is 34.2 Å². The van der Waals surface area contributed by atoms with Crippen LogP contribution in [0, 0.1) is 12.8 Å². The molecule has 0 radical (unpaired) electrons. The Hall–Kier alpha value is -2.54. The third-order valence-electron chi connectivity index (χ3n) is 4.00. The Bertz CT molecular complexity index is 857. The number of carbonyl (C=O) groups is 3. The van der Waals surface area contributed by atoms with Crippen molar-refractivity contribution in [1.29, 1.82) is 0 Å². The number of hydrogen-bond donors (Lipinski definition) is 1. The van der Waals surface area contributed by atoms with E-state index in [1.807, 2.05) is 26.2 Å². The highest BCUT2D eigenvalue weighted by Crippen LogP contribution is 2.25. The van der Waals surface area contributed by atoms with Gasteiger partial charge in [0.1, 0.15) is 0 Å². The zero-order chi connectivity index (χ0) is 18.1. The van der Waals surface area contributed by atoms with Crippen molar-refractivity contribution in [1.82, 2.24) is 9.88 Å². The molecule has 130 valence electrons. The maximum atomic E-state index is 12.5. The predicted octanol–water partition coefficient (Wildman–Crippen LogP) is 3.35. The summed E-state index contributed by atoms with van der Waals surface area (Å²) < 4.78 is 0. The molecule has 0 aliphatic carbocycles. The highest BCUT2D eigenvalue weighted by Gasteiger charge is 2.35. The summed E-state index contributed by atoms with van der Waals surface area (Å²) in [5.41, 5.74) is 1.81. The van der Waals surface area contributed by atoms with E-state index in [-0.39, 0.29) is 23.3 Å².